The van der Waals surface area contributed by atoms with E-state index >= 15 is 0 Å². The molecule has 0 saturated heterocycles. The van der Waals surface area contributed by atoms with Gasteiger partial charge in [-0.05, 0) is 63.1 Å². The van der Waals surface area contributed by atoms with Crippen LogP contribution in [0.25, 0.3) is 0 Å². The minimum absolute atomic E-state index is 0.180. The summed E-state index contributed by atoms with van der Waals surface area (Å²) in [7, 11) is 0. The molecule has 0 aromatic heterocycles. The summed E-state index contributed by atoms with van der Waals surface area (Å²) in [5, 5.41) is 27.0. The van der Waals surface area contributed by atoms with Gasteiger partial charge in [0.05, 0.1) is 12.1 Å². The van der Waals surface area contributed by atoms with Crippen LogP contribution in [0.3, 0.4) is 0 Å². The number of nitrogens with two attached hydrogens (primary N) is 2. The second-order valence-electron chi connectivity index (χ2n) is 8.55. The van der Waals surface area contributed by atoms with Gasteiger partial charge in [0.1, 0.15) is 18.1 Å². The molecule has 1 rings (SSSR count). The zero-order valence-corrected chi connectivity index (χ0v) is 21.6. The van der Waals surface area contributed by atoms with Gasteiger partial charge in [-0.2, -0.15) is 11.8 Å². The molecule has 5 unspecified atom stereocenters. The third-order valence-corrected chi connectivity index (χ3v) is 6.15. The second kappa shape index (κ2) is 16.9. The highest BCUT2D eigenvalue weighted by atomic mass is 32.2. The van der Waals surface area contributed by atoms with Crippen molar-refractivity contribution in [3.63, 3.8) is 0 Å². The lowest BCUT2D eigenvalue weighted by Crippen LogP contribution is -2.60. The van der Waals surface area contributed by atoms with E-state index in [-0.39, 0.29) is 19.3 Å². The first-order valence-electron chi connectivity index (χ1n) is 11.9. The van der Waals surface area contributed by atoms with Gasteiger partial charge in [0.15, 0.2) is 0 Å². The zero-order chi connectivity index (χ0) is 27.1. The number of carbonyl (C=O) groups excluding carboxylic acids is 3. The summed E-state index contributed by atoms with van der Waals surface area (Å²) >= 11 is 1.43. The molecule has 1 aromatic carbocycles. The Kier molecular flexibility index (Phi) is 14.7. The number of hydrogen-bond donors (Lipinski definition) is 7. The van der Waals surface area contributed by atoms with Crippen molar-refractivity contribution in [3.8, 4) is 0 Å². The number of benzene rings is 1. The van der Waals surface area contributed by atoms with Gasteiger partial charge in [-0.3, -0.25) is 14.4 Å². The van der Waals surface area contributed by atoms with Crippen molar-refractivity contribution < 1.29 is 29.4 Å². The molecular formula is C24H39N5O6S. The molecule has 0 heterocycles. The van der Waals surface area contributed by atoms with E-state index in [2.05, 4.69) is 16.0 Å². The van der Waals surface area contributed by atoms with Crippen LogP contribution >= 0.6 is 11.8 Å². The summed E-state index contributed by atoms with van der Waals surface area (Å²) in [4.78, 5) is 50.0. The summed E-state index contributed by atoms with van der Waals surface area (Å²) < 4.78 is 0. The van der Waals surface area contributed by atoms with Crippen LogP contribution < -0.4 is 27.4 Å². The number of thioether (sulfide) groups is 1. The fourth-order valence-electron chi connectivity index (χ4n) is 3.41. The lowest BCUT2D eigenvalue weighted by atomic mass is 10.0. The lowest BCUT2D eigenvalue weighted by Gasteiger charge is -2.26. The van der Waals surface area contributed by atoms with Crippen molar-refractivity contribution in [2.45, 2.75) is 69.3 Å². The van der Waals surface area contributed by atoms with Crippen LogP contribution in [0, 0.1) is 0 Å². The molecule has 202 valence electrons. The molecule has 3 amide bonds. The van der Waals surface area contributed by atoms with E-state index in [1.54, 1.807) is 0 Å². The maximum Gasteiger partial charge on any atom is 0.326 e. The maximum atomic E-state index is 13.1. The van der Waals surface area contributed by atoms with E-state index in [0.29, 0.717) is 25.1 Å². The zero-order valence-electron chi connectivity index (χ0n) is 20.8. The van der Waals surface area contributed by atoms with Crippen LogP contribution in [0.1, 0.15) is 38.2 Å². The van der Waals surface area contributed by atoms with Crippen LogP contribution in [0.2, 0.25) is 0 Å². The first kappa shape index (κ1) is 31.4. The van der Waals surface area contributed by atoms with E-state index in [9.17, 15) is 29.4 Å². The average Bonchev–Trinajstić information content (AvgIpc) is 2.84. The molecule has 0 aliphatic rings. The van der Waals surface area contributed by atoms with Crippen LogP contribution in [-0.4, -0.2) is 82.7 Å². The largest absolute Gasteiger partial charge is 0.480 e. The van der Waals surface area contributed by atoms with Gasteiger partial charge in [0.25, 0.3) is 0 Å². The number of rotatable bonds is 17. The number of hydrogen-bond acceptors (Lipinski definition) is 8. The van der Waals surface area contributed by atoms with Gasteiger partial charge in [0.2, 0.25) is 17.7 Å². The van der Waals surface area contributed by atoms with Crippen LogP contribution in [0.5, 0.6) is 0 Å². The number of unbranched alkanes of at least 4 members (excludes halogenated alkanes) is 1. The Labute approximate surface area is 216 Å². The number of aliphatic hydroxyl groups excluding tert-OH is 1. The number of aliphatic carboxylic acids is 1. The van der Waals surface area contributed by atoms with E-state index in [0.717, 1.165) is 5.56 Å². The molecule has 9 N–H and O–H groups in total. The number of nitrogens with one attached hydrogen (secondary N) is 3. The monoisotopic (exact) mass is 525 g/mol. The van der Waals surface area contributed by atoms with E-state index in [1.165, 1.54) is 18.7 Å². The van der Waals surface area contributed by atoms with Crippen molar-refractivity contribution in [1.29, 1.82) is 0 Å². The molecule has 0 spiro atoms. The predicted octanol–water partition coefficient (Wildman–Crippen LogP) is -0.642. The van der Waals surface area contributed by atoms with Gasteiger partial charge in [0, 0.05) is 0 Å². The maximum absolute atomic E-state index is 13.1. The van der Waals surface area contributed by atoms with Crippen molar-refractivity contribution in [3.05, 3.63) is 35.9 Å². The molecular weight excluding hydrogens is 486 g/mol. The first-order chi connectivity index (χ1) is 17.1. The highest BCUT2D eigenvalue weighted by Crippen LogP contribution is 2.07. The van der Waals surface area contributed by atoms with Crippen molar-refractivity contribution in [2.75, 3.05) is 18.6 Å². The molecule has 0 bridgehead atoms. The van der Waals surface area contributed by atoms with Crippen LogP contribution in [-0.2, 0) is 25.6 Å². The average molecular weight is 526 g/mol. The molecule has 0 radical (unpaired) electrons. The summed E-state index contributed by atoms with van der Waals surface area (Å²) in [6.07, 6.45) is 2.34. The summed E-state index contributed by atoms with van der Waals surface area (Å²) in [6.45, 7) is 1.71. The Morgan fingerprint density at radius 3 is 2.14 bits per heavy atom. The third kappa shape index (κ3) is 11.4. The van der Waals surface area contributed by atoms with Crippen LogP contribution in [0.15, 0.2) is 30.3 Å². The molecule has 1 aromatic rings. The van der Waals surface area contributed by atoms with Crippen LogP contribution in [0.4, 0.5) is 0 Å². The van der Waals surface area contributed by atoms with Gasteiger partial charge < -0.3 is 37.6 Å². The van der Waals surface area contributed by atoms with E-state index in [4.69, 9.17) is 11.5 Å². The number of amides is 3. The number of aliphatic hydroxyl groups is 1. The van der Waals surface area contributed by atoms with Crippen molar-refractivity contribution in [1.82, 2.24) is 16.0 Å². The van der Waals surface area contributed by atoms with E-state index in [1.807, 2.05) is 36.6 Å². The fraction of sp³-hybridized carbons (Fsp3) is 0.583. The summed E-state index contributed by atoms with van der Waals surface area (Å²) in [5.74, 6) is -2.77. The number of carboxylic acid groups (broad SMARTS) is 1. The Hall–Kier alpha value is -2.67. The normalized spacial score (nSPS) is 15.1. The molecule has 12 heteroatoms. The molecule has 0 aliphatic heterocycles. The molecule has 0 aliphatic carbocycles. The predicted molar refractivity (Wildman–Crippen MR) is 139 cm³/mol. The van der Waals surface area contributed by atoms with E-state index < -0.39 is 54.0 Å². The highest BCUT2D eigenvalue weighted by molar-refractivity contribution is 7.98. The van der Waals surface area contributed by atoms with Gasteiger partial charge in [-0.15, -0.1) is 0 Å². The Bertz CT molecular complexity index is 842. The summed E-state index contributed by atoms with van der Waals surface area (Å²) in [6, 6.07) is 4.69. The van der Waals surface area contributed by atoms with Gasteiger partial charge >= 0.3 is 5.97 Å². The quantitative estimate of drug-likeness (QED) is 0.129. The van der Waals surface area contributed by atoms with Crippen molar-refractivity contribution in [2.24, 2.45) is 11.5 Å². The summed E-state index contributed by atoms with van der Waals surface area (Å²) in [5.41, 5.74) is 12.5. The molecule has 0 saturated carbocycles. The third-order valence-electron chi connectivity index (χ3n) is 5.50. The minimum Gasteiger partial charge on any atom is -0.480 e. The number of carboxylic acids is 1. The number of carbonyl (C=O) groups is 4. The highest BCUT2D eigenvalue weighted by Gasteiger charge is 2.32. The van der Waals surface area contributed by atoms with Crippen molar-refractivity contribution >= 4 is 35.5 Å². The molecule has 0 fully saturated rings. The van der Waals surface area contributed by atoms with Gasteiger partial charge in [-0.25, -0.2) is 4.79 Å². The minimum atomic E-state index is -1.42. The first-order valence-corrected chi connectivity index (χ1v) is 13.3. The second-order valence-corrected chi connectivity index (χ2v) is 9.54. The SMILES string of the molecule is CSCCC(NC(=O)C(NC(=O)C(CCCCN)NC(=O)C(N)Cc1ccccc1)C(C)O)C(=O)O. The molecule has 5 atom stereocenters. The Morgan fingerprint density at radius 1 is 0.944 bits per heavy atom. The Balaban J connectivity index is 2.91. The topological polar surface area (TPSA) is 197 Å². The fourth-order valence-corrected chi connectivity index (χ4v) is 3.89. The van der Waals surface area contributed by atoms with Gasteiger partial charge in [-0.1, -0.05) is 30.3 Å². The standard InChI is InChI=1S/C24H39N5O6S/c1-15(30)20(23(33)28-19(24(34)35)11-13-36-2)29-22(32)18(10-6-7-12-25)27-21(31)17(26)14-16-8-4-3-5-9-16/h3-5,8-9,15,17-20,30H,6-7,10-14,25-26H2,1-2H3,(H,27,31)(H,28,33)(H,29,32)(H,34,35). The lowest BCUT2D eigenvalue weighted by molar-refractivity contribution is -0.143. The Morgan fingerprint density at radius 2 is 1.58 bits per heavy atom. The smallest absolute Gasteiger partial charge is 0.326 e. The molecule has 36 heavy (non-hydrogen) atoms. The molecule has 11 nitrogen and oxygen atoms in total.